The van der Waals surface area contributed by atoms with Gasteiger partial charge in [-0.1, -0.05) is 0 Å². The van der Waals surface area contributed by atoms with Crippen molar-refractivity contribution in [1.82, 2.24) is 10.3 Å². The molecule has 0 aromatic carbocycles. The van der Waals surface area contributed by atoms with Crippen LogP contribution in [0.2, 0.25) is 0 Å². The second kappa shape index (κ2) is 5.39. The first-order chi connectivity index (χ1) is 7.79. The second-order valence-electron chi connectivity index (χ2n) is 4.96. The number of nitrogens with zero attached hydrogens (tertiary/aromatic N) is 1. The van der Waals surface area contributed by atoms with Gasteiger partial charge in [-0.15, -0.1) is 0 Å². The van der Waals surface area contributed by atoms with E-state index in [1.54, 1.807) is 0 Å². The lowest BCUT2D eigenvalue weighted by Gasteiger charge is -2.31. The second-order valence-corrected chi connectivity index (χ2v) is 4.96. The summed E-state index contributed by atoms with van der Waals surface area (Å²) >= 11 is 0. The first-order valence-electron chi connectivity index (χ1n) is 6.30. The fourth-order valence-corrected chi connectivity index (χ4v) is 2.68. The maximum atomic E-state index is 3.39. The van der Waals surface area contributed by atoms with Crippen molar-refractivity contribution in [3.8, 4) is 0 Å². The molecule has 0 unspecified atom stereocenters. The Hall–Kier alpha value is -0.960. The zero-order chi connectivity index (χ0) is 11.4. The van der Waals surface area contributed by atoms with Crippen LogP contribution in [0.3, 0.4) is 0 Å². The number of aromatic nitrogens is 1. The van der Waals surface area contributed by atoms with Crippen LogP contribution in [0.15, 0.2) is 18.5 Å². The third kappa shape index (κ3) is 2.79. The molecule has 3 nitrogen and oxygen atoms in total. The van der Waals surface area contributed by atoms with Crippen molar-refractivity contribution in [2.24, 2.45) is 5.92 Å². The van der Waals surface area contributed by atoms with Gasteiger partial charge in [-0.25, -0.2) is 0 Å². The normalized spacial score (nSPS) is 25.6. The van der Waals surface area contributed by atoms with Crippen LogP contribution in [0.4, 0.5) is 5.69 Å². The lowest BCUT2D eigenvalue weighted by Crippen LogP contribution is -2.34. The van der Waals surface area contributed by atoms with Crippen molar-refractivity contribution >= 4 is 5.69 Å². The van der Waals surface area contributed by atoms with Gasteiger partial charge in [0.2, 0.25) is 0 Å². The van der Waals surface area contributed by atoms with E-state index in [1.165, 1.54) is 37.9 Å². The van der Waals surface area contributed by atoms with E-state index in [4.69, 9.17) is 0 Å². The van der Waals surface area contributed by atoms with Crippen molar-refractivity contribution < 1.29 is 0 Å². The number of nitrogens with one attached hydrogen (secondary N) is 2. The molecule has 0 aliphatic heterocycles. The van der Waals surface area contributed by atoms with Crippen LogP contribution in [-0.2, 0) is 0 Å². The molecule has 1 aromatic heterocycles. The van der Waals surface area contributed by atoms with Gasteiger partial charge in [-0.2, -0.15) is 0 Å². The van der Waals surface area contributed by atoms with E-state index in [2.05, 4.69) is 41.6 Å². The summed E-state index contributed by atoms with van der Waals surface area (Å²) in [6.45, 7) is 1.19. The lowest BCUT2D eigenvalue weighted by molar-refractivity contribution is 0.305. The van der Waals surface area contributed by atoms with Gasteiger partial charge in [0, 0.05) is 32.0 Å². The Bertz CT molecular complexity index is 286. The van der Waals surface area contributed by atoms with Crippen LogP contribution >= 0.6 is 0 Å². The van der Waals surface area contributed by atoms with Crippen LogP contribution in [-0.4, -0.2) is 31.7 Å². The molecule has 1 aromatic rings. The van der Waals surface area contributed by atoms with Crippen LogP contribution in [0.5, 0.6) is 0 Å². The quantitative estimate of drug-likeness (QED) is 0.817. The maximum absolute atomic E-state index is 3.39. The van der Waals surface area contributed by atoms with Gasteiger partial charge in [0.1, 0.15) is 0 Å². The van der Waals surface area contributed by atoms with Crippen molar-refractivity contribution in [1.29, 1.82) is 0 Å². The molecular weight excluding hydrogens is 198 g/mol. The molecule has 0 bridgehead atoms. The summed E-state index contributed by atoms with van der Waals surface area (Å²) in [6.07, 6.45) is 9.45. The van der Waals surface area contributed by atoms with Crippen molar-refractivity contribution in [2.45, 2.75) is 31.7 Å². The fraction of sp³-hybridized carbons (Fsp3) is 0.692. The Morgan fingerprint density at radius 3 is 2.69 bits per heavy atom. The lowest BCUT2D eigenvalue weighted by atomic mass is 9.86. The number of hydrogen-bond donors (Lipinski definition) is 2. The van der Waals surface area contributed by atoms with Crippen LogP contribution in [0.25, 0.3) is 0 Å². The largest absolute Gasteiger partial charge is 0.373 e. The number of H-pyrrole nitrogens is 1. The summed E-state index contributed by atoms with van der Waals surface area (Å²) in [6, 6.07) is 2.90. The first-order valence-corrected chi connectivity index (χ1v) is 6.30. The smallest absolute Gasteiger partial charge is 0.0541 e. The summed E-state index contributed by atoms with van der Waals surface area (Å²) in [5.74, 6) is 0.865. The number of anilines is 1. The van der Waals surface area contributed by atoms with E-state index in [0.29, 0.717) is 0 Å². The molecule has 1 fully saturated rings. The van der Waals surface area contributed by atoms with Crippen molar-refractivity contribution in [2.75, 3.05) is 25.5 Å². The minimum Gasteiger partial charge on any atom is -0.373 e. The standard InChI is InChI=1S/C13H23N3/c1-14-12-5-3-11(4-6-12)10-16(2)13-7-8-15-9-13/h7-9,11-12,14-15H,3-6,10H2,1-2H3. The average molecular weight is 221 g/mol. The molecule has 16 heavy (non-hydrogen) atoms. The summed E-state index contributed by atoms with van der Waals surface area (Å²) < 4.78 is 0. The molecule has 2 rings (SSSR count). The minimum absolute atomic E-state index is 0.758. The van der Waals surface area contributed by atoms with Crippen LogP contribution < -0.4 is 10.2 Å². The minimum atomic E-state index is 0.758. The van der Waals surface area contributed by atoms with Crippen LogP contribution in [0, 0.1) is 5.92 Å². The fourth-order valence-electron chi connectivity index (χ4n) is 2.68. The summed E-state index contributed by atoms with van der Waals surface area (Å²) in [5, 5.41) is 3.39. The molecule has 0 atom stereocenters. The Morgan fingerprint density at radius 2 is 2.12 bits per heavy atom. The number of hydrogen-bond acceptors (Lipinski definition) is 2. The van der Waals surface area contributed by atoms with Crippen molar-refractivity contribution in [3.05, 3.63) is 18.5 Å². The Balaban J connectivity index is 1.78. The molecule has 90 valence electrons. The Kier molecular flexibility index (Phi) is 3.88. The maximum Gasteiger partial charge on any atom is 0.0541 e. The Labute approximate surface area is 98.2 Å². The summed E-state index contributed by atoms with van der Waals surface area (Å²) in [5.41, 5.74) is 1.30. The molecule has 1 aliphatic carbocycles. The molecule has 3 heteroatoms. The monoisotopic (exact) mass is 221 g/mol. The highest BCUT2D eigenvalue weighted by molar-refractivity contribution is 5.43. The SMILES string of the molecule is CNC1CCC(CN(C)c2cc[nH]c2)CC1. The molecule has 2 N–H and O–H groups in total. The van der Waals surface area contributed by atoms with Gasteiger partial charge >= 0.3 is 0 Å². The van der Waals surface area contributed by atoms with E-state index < -0.39 is 0 Å². The number of rotatable bonds is 4. The van der Waals surface area contributed by atoms with E-state index >= 15 is 0 Å². The third-order valence-corrected chi connectivity index (χ3v) is 3.81. The highest BCUT2D eigenvalue weighted by Crippen LogP contribution is 2.26. The van der Waals surface area contributed by atoms with E-state index in [0.717, 1.165) is 12.0 Å². The summed E-state index contributed by atoms with van der Waals surface area (Å²) in [7, 11) is 4.27. The van der Waals surface area contributed by atoms with Crippen molar-refractivity contribution in [3.63, 3.8) is 0 Å². The zero-order valence-corrected chi connectivity index (χ0v) is 10.4. The van der Waals surface area contributed by atoms with E-state index in [9.17, 15) is 0 Å². The highest BCUT2D eigenvalue weighted by atomic mass is 15.1. The van der Waals surface area contributed by atoms with E-state index in [-0.39, 0.29) is 0 Å². The molecule has 0 spiro atoms. The van der Waals surface area contributed by atoms with Gasteiger partial charge in [0.25, 0.3) is 0 Å². The van der Waals surface area contributed by atoms with Crippen LogP contribution in [0.1, 0.15) is 25.7 Å². The van der Waals surface area contributed by atoms with Gasteiger partial charge in [0.15, 0.2) is 0 Å². The number of aromatic amines is 1. The summed E-state index contributed by atoms with van der Waals surface area (Å²) in [4.78, 5) is 5.47. The highest BCUT2D eigenvalue weighted by Gasteiger charge is 2.21. The molecular formula is C13H23N3. The molecule has 1 saturated carbocycles. The topological polar surface area (TPSA) is 31.1 Å². The predicted molar refractivity (Wildman–Crippen MR) is 68.9 cm³/mol. The molecule has 1 heterocycles. The molecule has 0 saturated heterocycles. The molecule has 0 radical (unpaired) electrons. The van der Waals surface area contributed by atoms with Gasteiger partial charge in [-0.3, -0.25) is 0 Å². The first kappa shape index (κ1) is 11.5. The van der Waals surface area contributed by atoms with Gasteiger partial charge in [-0.05, 0) is 44.7 Å². The molecule has 1 aliphatic rings. The zero-order valence-electron chi connectivity index (χ0n) is 10.4. The third-order valence-electron chi connectivity index (χ3n) is 3.81. The van der Waals surface area contributed by atoms with Gasteiger partial charge < -0.3 is 15.2 Å². The van der Waals surface area contributed by atoms with Gasteiger partial charge in [0.05, 0.1) is 5.69 Å². The molecule has 0 amide bonds. The Morgan fingerprint density at radius 1 is 1.38 bits per heavy atom. The van der Waals surface area contributed by atoms with E-state index in [1.807, 2.05) is 6.20 Å². The predicted octanol–water partition coefficient (Wildman–Crippen LogP) is 2.23. The average Bonchev–Trinajstić information content (AvgIpc) is 2.83.